The smallest absolute Gasteiger partial charge is 0.265 e. The Morgan fingerprint density at radius 1 is 1.17 bits per heavy atom. The van der Waals surface area contributed by atoms with Crippen LogP contribution < -0.4 is 5.56 Å². The second kappa shape index (κ2) is 5.96. The Labute approximate surface area is 139 Å². The molecule has 0 aliphatic carbocycles. The molecule has 3 heterocycles. The molecule has 0 saturated heterocycles. The monoisotopic (exact) mass is 317 g/mol. The highest BCUT2D eigenvalue weighted by Crippen LogP contribution is 2.25. The number of pyridine rings is 1. The molecule has 0 atom stereocenters. The molecule has 0 unspecified atom stereocenters. The first kappa shape index (κ1) is 14.7. The van der Waals surface area contributed by atoms with E-state index in [0.29, 0.717) is 5.65 Å². The molecule has 0 saturated carbocycles. The second-order valence-corrected chi connectivity index (χ2v) is 6.05. The first-order chi connectivity index (χ1) is 11.8. The van der Waals surface area contributed by atoms with Crippen LogP contribution >= 0.6 is 0 Å². The summed E-state index contributed by atoms with van der Waals surface area (Å²) in [5.41, 5.74) is 4.33. The number of benzene rings is 1. The molecule has 24 heavy (non-hydrogen) atoms. The Morgan fingerprint density at radius 2 is 2.08 bits per heavy atom. The van der Waals surface area contributed by atoms with Gasteiger partial charge in [0.25, 0.3) is 5.56 Å². The summed E-state index contributed by atoms with van der Waals surface area (Å²) in [5, 5.41) is 1.10. The van der Waals surface area contributed by atoms with E-state index < -0.39 is 0 Å². The van der Waals surface area contributed by atoms with E-state index in [2.05, 4.69) is 18.0 Å². The summed E-state index contributed by atoms with van der Waals surface area (Å²) in [5.74, 6) is 0. The van der Waals surface area contributed by atoms with Crippen LogP contribution in [0.1, 0.15) is 25.5 Å². The Morgan fingerprint density at radius 3 is 2.96 bits per heavy atom. The van der Waals surface area contributed by atoms with Crippen molar-refractivity contribution in [2.45, 2.75) is 26.2 Å². The standard InChI is InChI=1S/C20H19N3O/c1-2-3-6-17-19(15-8-9-16-14(13-15)10-11-21-16)20(24)23-12-5-4-7-18(23)22-17/h4-5,7-13,21H,2-3,6H2,1H3. The van der Waals surface area contributed by atoms with Crippen molar-refractivity contribution in [1.29, 1.82) is 0 Å². The quantitative estimate of drug-likeness (QED) is 0.613. The molecule has 1 aromatic carbocycles. The lowest BCUT2D eigenvalue weighted by Gasteiger charge is -2.11. The van der Waals surface area contributed by atoms with Crippen molar-refractivity contribution >= 4 is 16.6 Å². The fourth-order valence-corrected chi connectivity index (χ4v) is 3.16. The van der Waals surface area contributed by atoms with Gasteiger partial charge in [0.05, 0.1) is 11.3 Å². The summed E-state index contributed by atoms with van der Waals surface area (Å²) in [6.45, 7) is 2.15. The Hall–Kier alpha value is -2.88. The lowest BCUT2D eigenvalue weighted by molar-refractivity contribution is 0.774. The molecule has 120 valence electrons. The van der Waals surface area contributed by atoms with E-state index >= 15 is 0 Å². The van der Waals surface area contributed by atoms with Gasteiger partial charge in [0, 0.05) is 17.9 Å². The highest BCUT2D eigenvalue weighted by Gasteiger charge is 2.15. The van der Waals surface area contributed by atoms with Gasteiger partial charge in [-0.25, -0.2) is 4.98 Å². The maximum Gasteiger partial charge on any atom is 0.265 e. The van der Waals surface area contributed by atoms with E-state index in [0.717, 1.165) is 47.0 Å². The van der Waals surface area contributed by atoms with Crippen molar-refractivity contribution in [3.05, 3.63) is 70.9 Å². The summed E-state index contributed by atoms with van der Waals surface area (Å²) < 4.78 is 1.63. The molecule has 1 N–H and O–H groups in total. The van der Waals surface area contributed by atoms with Crippen molar-refractivity contribution in [2.75, 3.05) is 0 Å². The van der Waals surface area contributed by atoms with Crippen LogP contribution in [-0.2, 0) is 6.42 Å². The molecule has 3 aromatic heterocycles. The number of hydrogen-bond donors (Lipinski definition) is 1. The van der Waals surface area contributed by atoms with Crippen molar-refractivity contribution in [1.82, 2.24) is 14.4 Å². The summed E-state index contributed by atoms with van der Waals surface area (Å²) in [6.07, 6.45) is 6.61. The summed E-state index contributed by atoms with van der Waals surface area (Å²) in [7, 11) is 0. The molecule has 0 fully saturated rings. The zero-order valence-corrected chi connectivity index (χ0v) is 13.6. The van der Waals surface area contributed by atoms with E-state index in [1.54, 1.807) is 10.6 Å². The van der Waals surface area contributed by atoms with Gasteiger partial charge in [0.1, 0.15) is 5.65 Å². The van der Waals surface area contributed by atoms with E-state index in [1.165, 1.54) is 0 Å². The number of H-pyrrole nitrogens is 1. The number of nitrogens with zero attached hydrogens (tertiary/aromatic N) is 2. The van der Waals surface area contributed by atoms with Gasteiger partial charge in [0.2, 0.25) is 0 Å². The van der Waals surface area contributed by atoms with Crippen molar-refractivity contribution in [3.8, 4) is 11.1 Å². The molecule has 0 radical (unpaired) electrons. The fourth-order valence-electron chi connectivity index (χ4n) is 3.16. The van der Waals surface area contributed by atoms with Crippen LogP contribution in [0.4, 0.5) is 0 Å². The van der Waals surface area contributed by atoms with Gasteiger partial charge < -0.3 is 4.98 Å². The maximum absolute atomic E-state index is 13.1. The van der Waals surface area contributed by atoms with Crippen LogP contribution in [0.15, 0.2) is 59.7 Å². The molecule has 4 nitrogen and oxygen atoms in total. The number of fused-ring (bicyclic) bond motifs is 2. The maximum atomic E-state index is 13.1. The van der Waals surface area contributed by atoms with Gasteiger partial charge in [-0.2, -0.15) is 0 Å². The third-order valence-corrected chi connectivity index (χ3v) is 4.42. The van der Waals surface area contributed by atoms with Crippen LogP contribution in [0.3, 0.4) is 0 Å². The molecular weight excluding hydrogens is 298 g/mol. The van der Waals surface area contributed by atoms with Crippen molar-refractivity contribution in [3.63, 3.8) is 0 Å². The number of aromatic nitrogens is 3. The molecular formula is C20H19N3O. The zero-order valence-electron chi connectivity index (χ0n) is 13.6. The van der Waals surface area contributed by atoms with Crippen molar-refractivity contribution in [2.24, 2.45) is 0 Å². The number of aryl methyl sites for hydroxylation is 1. The second-order valence-electron chi connectivity index (χ2n) is 6.05. The highest BCUT2D eigenvalue weighted by atomic mass is 16.1. The van der Waals surface area contributed by atoms with Gasteiger partial charge in [0.15, 0.2) is 0 Å². The van der Waals surface area contributed by atoms with Crippen molar-refractivity contribution < 1.29 is 0 Å². The number of hydrogen-bond acceptors (Lipinski definition) is 2. The third-order valence-electron chi connectivity index (χ3n) is 4.42. The number of unbranched alkanes of at least 4 members (excludes halogenated alkanes) is 1. The molecule has 0 amide bonds. The summed E-state index contributed by atoms with van der Waals surface area (Å²) in [6, 6.07) is 13.8. The fraction of sp³-hybridized carbons (Fsp3) is 0.200. The molecule has 4 rings (SSSR count). The minimum atomic E-state index is 0.00147. The van der Waals surface area contributed by atoms with E-state index in [9.17, 15) is 4.79 Å². The molecule has 4 heteroatoms. The average molecular weight is 317 g/mol. The lowest BCUT2D eigenvalue weighted by atomic mass is 10.0. The summed E-state index contributed by atoms with van der Waals surface area (Å²) >= 11 is 0. The molecule has 0 aliphatic rings. The Kier molecular flexibility index (Phi) is 3.65. The normalized spacial score (nSPS) is 11.4. The molecule has 0 bridgehead atoms. The van der Waals surface area contributed by atoms with Gasteiger partial charge in [-0.05, 0) is 54.1 Å². The van der Waals surface area contributed by atoms with Gasteiger partial charge in [-0.3, -0.25) is 9.20 Å². The highest BCUT2D eigenvalue weighted by molar-refractivity contribution is 5.85. The van der Waals surface area contributed by atoms with E-state index in [4.69, 9.17) is 4.98 Å². The predicted octanol–water partition coefficient (Wildman–Crippen LogP) is 4.19. The largest absolute Gasteiger partial charge is 0.361 e. The van der Waals surface area contributed by atoms with Crippen LogP contribution in [0.2, 0.25) is 0 Å². The minimum absolute atomic E-state index is 0.00147. The minimum Gasteiger partial charge on any atom is -0.361 e. The average Bonchev–Trinajstić information content (AvgIpc) is 3.07. The zero-order chi connectivity index (χ0) is 16.5. The number of rotatable bonds is 4. The first-order valence-corrected chi connectivity index (χ1v) is 8.35. The topological polar surface area (TPSA) is 50.2 Å². The van der Waals surface area contributed by atoms with Crippen LogP contribution in [0.25, 0.3) is 27.7 Å². The van der Waals surface area contributed by atoms with Gasteiger partial charge in [-0.15, -0.1) is 0 Å². The molecule has 0 spiro atoms. The Bertz CT molecular complexity index is 1080. The van der Waals surface area contributed by atoms with Crippen LogP contribution in [-0.4, -0.2) is 14.4 Å². The van der Waals surface area contributed by atoms with Crippen LogP contribution in [0, 0.1) is 0 Å². The number of aromatic amines is 1. The predicted molar refractivity (Wildman–Crippen MR) is 97.4 cm³/mol. The molecule has 0 aliphatic heterocycles. The lowest BCUT2D eigenvalue weighted by Crippen LogP contribution is -2.19. The summed E-state index contributed by atoms with van der Waals surface area (Å²) in [4.78, 5) is 21.1. The SMILES string of the molecule is CCCCc1nc2ccccn2c(=O)c1-c1ccc2[nH]ccc2c1. The van der Waals surface area contributed by atoms with Gasteiger partial charge >= 0.3 is 0 Å². The van der Waals surface area contributed by atoms with Crippen LogP contribution in [0.5, 0.6) is 0 Å². The Balaban J connectivity index is 2.00. The molecule has 4 aromatic rings. The third kappa shape index (κ3) is 2.40. The first-order valence-electron chi connectivity index (χ1n) is 8.35. The van der Waals surface area contributed by atoms with E-state index in [-0.39, 0.29) is 5.56 Å². The number of nitrogens with one attached hydrogen (secondary N) is 1. The van der Waals surface area contributed by atoms with E-state index in [1.807, 2.05) is 42.6 Å². The van der Waals surface area contributed by atoms with Gasteiger partial charge in [-0.1, -0.05) is 25.5 Å².